The van der Waals surface area contributed by atoms with Gasteiger partial charge in [-0.2, -0.15) is 5.26 Å². The van der Waals surface area contributed by atoms with Gasteiger partial charge in [-0.1, -0.05) is 15.9 Å². The highest BCUT2D eigenvalue weighted by molar-refractivity contribution is 9.10. The fourth-order valence-corrected chi connectivity index (χ4v) is 1.94. The van der Waals surface area contributed by atoms with Gasteiger partial charge in [-0.05, 0) is 12.1 Å². The molecule has 0 aromatic carbocycles. The van der Waals surface area contributed by atoms with Crippen molar-refractivity contribution >= 4 is 21.7 Å². The third-order valence-electron chi connectivity index (χ3n) is 2.42. The van der Waals surface area contributed by atoms with Crippen LogP contribution in [0.15, 0.2) is 22.8 Å². The van der Waals surface area contributed by atoms with E-state index in [0.717, 1.165) is 4.47 Å². The minimum atomic E-state index is -0.666. The lowest BCUT2D eigenvalue weighted by atomic mass is 9.67. The fourth-order valence-electron chi connectivity index (χ4n) is 1.61. The van der Waals surface area contributed by atoms with Gasteiger partial charge in [0.15, 0.2) is 0 Å². The van der Waals surface area contributed by atoms with Crippen LogP contribution in [-0.2, 0) is 10.2 Å². The molecule has 1 fully saturated rings. The third-order valence-corrected chi connectivity index (χ3v) is 2.92. The Balaban J connectivity index is 2.39. The van der Waals surface area contributed by atoms with Crippen molar-refractivity contribution in [2.45, 2.75) is 18.3 Å². The molecule has 0 atom stereocenters. The number of hydrogen-bond donors (Lipinski definition) is 0. The molecule has 0 bridgehead atoms. The monoisotopic (exact) mass is 250 g/mol. The highest BCUT2D eigenvalue weighted by atomic mass is 79.9. The molecule has 0 unspecified atom stereocenters. The summed E-state index contributed by atoms with van der Waals surface area (Å²) in [7, 11) is 0. The number of carbonyl (C=O) groups excluding carboxylic acids is 1. The van der Waals surface area contributed by atoms with Crippen LogP contribution in [0.3, 0.4) is 0 Å². The Labute approximate surface area is 89.9 Å². The van der Waals surface area contributed by atoms with Crippen molar-refractivity contribution in [2.75, 3.05) is 0 Å². The van der Waals surface area contributed by atoms with Gasteiger partial charge in [0, 0.05) is 23.5 Å². The molecule has 1 aromatic heterocycles. The molecular weight excluding hydrogens is 244 g/mol. The normalized spacial score (nSPS) is 18.4. The van der Waals surface area contributed by atoms with Crippen LogP contribution >= 0.6 is 15.9 Å². The van der Waals surface area contributed by atoms with Crippen LogP contribution in [0, 0.1) is 11.3 Å². The summed E-state index contributed by atoms with van der Waals surface area (Å²) in [6.07, 6.45) is 2.24. The van der Waals surface area contributed by atoms with E-state index in [9.17, 15) is 4.79 Å². The van der Waals surface area contributed by atoms with Crippen molar-refractivity contribution in [1.82, 2.24) is 4.98 Å². The largest absolute Gasteiger partial charge is 0.300 e. The highest BCUT2D eigenvalue weighted by Crippen LogP contribution is 2.40. The van der Waals surface area contributed by atoms with E-state index in [4.69, 9.17) is 5.26 Å². The molecule has 0 aliphatic heterocycles. The van der Waals surface area contributed by atoms with Crippen LogP contribution in [0.1, 0.15) is 18.5 Å². The third kappa shape index (κ3) is 1.34. The van der Waals surface area contributed by atoms with Crippen LogP contribution in [-0.4, -0.2) is 10.8 Å². The van der Waals surface area contributed by atoms with Crippen molar-refractivity contribution in [1.29, 1.82) is 5.26 Å². The second-order valence-corrected chi connectivity index (χ2v) is 4.36. The number of aromatic nitrogens is 1. The molecule has 1 aromatic rings. The van der Waals surface area contributed by atoms with Crippen molar-refractivity contribution in [2.24, 2.45) is 0 Å². The lowest BCUT2D eigenvalue weighted by Gasteiger charge is -2.32. The number of pyridine rings is 1. The van der Waals surface area contributed by atoms with Gasteiger partial charge in [-0.3, -0.25) is 9.78 Å². The molecule has 0 radical (unpaired) electrons. The summed E-state index contributed by atoms with van der Waals surface area (Å²) in [6.45, 7) is 0. The first kappa shape index (κ1) is 9.35. The van der Waals surface area contributed by atoms with Gasteiger partial charge in [0.25, 0.3) is 0 Å². The number of Topliss-reactive ketones (excluding diaryl/α,β-unsaturated/α-hetero) is 1. The summed E-state index contributed by atoms with van der Waals surface area (Å²) in [4.78, 5) is 15.1. The van der Waals surface area contributed by atoms with Crippen LogP contribution in [0.5, 0.6) is 0 Å². The summed E-state index contributed by atoms with van der Waals surface area (Å²) in [6, 6.07) is 5.79. The van der Waals surface area contributed by atoms with Crippen LogP contribution in [0.4, 0.5) is 0 Å². The van der Waals surface area contributed by atoms with Gasteiger partial charge in [0.05, 0.1) is 11.8 Å². The number of ketones is 1. The Morgan fingerprint density at radius 3 is 2.79 bits per heavy atom. The zero-order valence-corrected chi connectivity index (χ0v) is 8.91. The molecule has 1 saturated carbocycles. The summed E-state index contributed by atoms with van der Waals surface area (Å²) in [5.74, 6) is 0.133. The number of halogens is 1. The average Bonchev–Trinajstić information content (AvgIpc) is 2.12. The molecule has 1 aliphatic carbocycles. The van der Waals surface area contributed by atoms with Gasteiger partial charge in [0.2, 0.25) is 0 Å². The lowest BCUT2D eigenvalue weighted by Crippen LogP contribution is -2.41. The highest BCUT2D eigenvalue weighted by Gasteiger charge is 2.46. The first-order valence-corrected chi connectivity index (χ1v) is 5.01. The van der Waals surface area contributed by atoms with Gasteiger partial charge >= 0.3 is 0 Å². The molecule has 1 heterocycles. The molecule has 0 N–H and O–H groups in total. The molecule has 4 heteroatoms. The van der Waals surface area contributed by atoms with Crippen LogP contribution in [0.25, 0.3) is 0 Å². The molecule has 14 heavy (non-hydrogen) atoms. The molecule has 2 rings (SSSR count). The molecular formula is C10H7BrN2O. The SMILES string of the molecule is N#CC1(c2cc(Br)ccn2)CC(=O)C1. The predicted octanol–water partition coefficient (Wildman–Crippen LogP) is 1.97. The minimum absolute atomic E-state index is 0.133. The molecule has 0 amide bonds. The molecule has 3 nitrogen and oxygen atoms in total. The predicted molar refractivity (Wildman–Crippen MR) is 53.5 cm³/mol. The maximum Gasteiger partial charge on any atom is 0.136 e. The van der Waals surface area contributed by atoms with Gasteiger partial charge in [0.1, 0.15) is 11.2 Å². The van der Waals surface area contributed by atoms with Gasteiger partial charge in [-0.25, -0.2) is 0 Å². The van der Waals surface area contributed by atoms with Gasteiger partial charge in [-0.15, -0.1) is 0 Å². The molecule has 0 saturated heterocycles. The first-order chi connectivity index (χ1) is 6.66. The Kier molecular flexibility index (Phi) is 2.12. The van der Waals surface area contributed by atoms with E-state index in [1.807, 2.05) is 0 Å². The molecule has 70 valence electrons. The van der Waals surface area contributed by atoms with Gasteiger partial charge < -0.3 is 0 Å². The van der Waals surface area contributed by atoms with Crippen molar-refractivity contribution in [3.05, 3.63) is 28.5 Å². The summed E-state index contributed by atoms with van der Waals surface area (Å²) in [5, 5.41) is 9.04. The average molecular weight is 251 g/mol. The summed E-state index contributed by atoms with van der Waals surface area (Å²) >= 11 is 3.32. The Hall–Kier alpha value is -1.21. The van der Waals surface area contributed by atoms with E-state index in [2.05, 4.69) is 27.0 Å². The fraction of sp³-hybridized carbons (Fsp3) is 0.300. The van der Waals surface area contributed by atoms with E-state index in [0.29, 0.717) is 18.5 Å². The first-order valence-electron chi connectivity index (χ1n) is 4.21. The Morgan fingerprint density at radius 2 is 2.29 bits per heavy atom. The Morgan fingerprint density at radius 1 is 1.57 bits per heavy atom. The van der Waals surface area contributed by atoms with Crippen molar-refractivity contribution in [3.8, 4) is 6.07 Å². The van der Waals surface area contributed by atoms with Crippen molar-refractivity contribution < 1.29 is 4.79 Å². The second kappa shape index (κ2) is 3.18. The number of carbonyl (C=O) groups is 1. The van der Waals surface area contributed by atoms with E-state index in [1.165, 1.54) is 0 Å². The number of nitrogens with zero attached hydrogens (tertiary/aromatic N) is 2. The second-order valence-electron chi connectivity index (χ2n) is 3.45. The molecule has 0 spiro atoms. The number of rotatable bonds is 1. The zero-order valence-electron chi connectivity index (χ0n) is 7.33. The number of hydrogen-bond acceptors (Lipinski definition) is 3. The van der Waals surface area contributed by atoms with E-state index < -0.39 is 5.41 Å². The van der Waals surface area contributed by atoms with Crippen LogP contribution in [0.2, 0.25) is 0 Å². The van der Waals surface area contributed by atoms with E-state index in [1.54, 1.807) is 18.3 Å². The topological polar surface area (TPSA) is 53.8 Å². The lowest BCUT2D eigenvalue weighted by molar-refractivity contribution is -0.126. The quantitative estimate of drug-likeness (QED) is 0.766. The Bertz CT molecular complexity index is 428. The maximum absolute atomic E-state index is 10.9. The maximum atomic E-state index is 10.9. The number of nitriles is 1. The van der Waals surface area contributed by atoms with Crippen LogP contribution < -0.4 is 0 Å². The minimum Gasteiger partial charge on any atom is -0.300 e. The zero-order chi connectivity index (χ0) is 10.2. The standard InChI is InChI=1S/C10H7BrN2O/c11-7-1-2-13-9(3-7)10(6-12)4-8(14)5-10/h1-3H,4-5H2. The summed E-state index contributed by atoms with van der Waals surface area (Å²) < 4.78 is 0.886. The molecule has 1 aliphatic rings. The smallest absolute Gasteiger partial charge is 0.136 e. The van der Waals surface area contributed by atoms with E-state index in [-0.39, 0.29) is 5.78 Å². The summed E-state index contributed by atoms with van der Waals surface area (Å²) in [5.41, 5.74) is 0.0231. The van der Waals surface area contributed by atoms with E-state index >= 15 is 0 Å². The van der Waals surface area contributed by atoms with Crippen molar-refractivity contribution in [3.63, 3.8) is 0 Å².